The Morgan fingerprint density at radius 1 is 1.39 bits per heavy atom. The second kappa shape index (κ2) is 8.04. The molecule has 0 aliphatic carbocycles. The van der Waals surface area contributed by atoms with Gasteiger partial charge < -0.3 is 9.30 Å². The minimum absolute atomic E-state index is 0.0955. The van der Waals surface area contributed by atoms with E-state index in [0.717, 1.165) is 29.3 Å². The quantitative estimate of drug-likeness (QED) is 0.690. The molecule has 2 aliphatic rings. The zero-order chi connectivity index (χ0) is 19.7. The Morgan fingerprint density at radius 2 is 2.25 bits per heavy atom. The standard InChI is InChI=1S/C19H24FN3O3S2/c1-22-9-7-21-19(22)27-13-15-6-8-23(12-17(15)20)28(24,25)16-4-5-18-14(11-16)3-2-10-26-18/h4-5,7,9,11,15,17H,2-3,6,8,10,12-13H2,1H3. The Kier molecular flexibility index (Phi) is 5.66. The van der Waals surface area contributed by atoms with Gasteiger partial charge in [-0.25, -0.2) is 17.8 Å². The van der Waals surface area contributed by atoms with E-state index in [1.54, 1.807) is 24.4 Å². The first-order valence-corrected chi connectivity index (χ1v) is 11.9. The molecule has 0 radical (unpaired) electrons. The minimum atomic E-state index is -3.70. The molecule has 2 aliphatic heterocycles. The van der Waals surface area contributed by atoms with Gasteiger partial charge in [0.05, 0.1) is 11.5 Å². The van der Waals surface area contributed by atoms with E-state index in [0.29, 0.717) is 25.3 Å². The first kappa shape index (κ1) is 19.7. The molecular weight excluding hydrogens is 401 g/mol. The Hall–Kier alpha value is -1.58. The summed E-state index contributed by atoms with van der Waals surface area (Å²) in [5.41, 5.74) is 0.908. The number of sulfonamides is 1. The zero-order valence-electron chi connectivity index (χ0n) is 15.8. The van der Waals surface area contributed by atoms with Crippen LogP contribution in [0.4, 0.5) is 4.39 Å². The van der Waals surface area contributed by atoms with Crippen molar-refractivity contribution in [2.45, 2.75) is 35.5 Å². The molecule has 4 rings (SSSR count). The van der Waals surface area contributed by atoms with E-state index in [9.17, 15) is 12.8 Å². The molecule has 0 spiro atoms. The molecule has 28 heavy (non-hydrogen) atoms. The molecule has 2 aromatic rings. The molecule has 6 nitrogen and oxygen atoms in total. The number of alkyl halides is 1. The van der Waals surface area contributed by atoms with Crippen LogP contribution in [0.15, 0.2) is 40.6 Å². The number of rotatable bonds is 5. The van der Waals surface area contributed by atoms with Crippen LogP contribution in [-0.4, -0.2) is 53.9 Å². The Morgan fingerprint density at radius 3 is 3.00 bits per heavy atom. The van der Waals surface area contributed by atoms with Crippen LogP contribution < -0.4 is 4.74 Å². The SMILES string of the molecule is Cn1ccnc1SCC1CCN(S(=O)(=O)c2ccc3c(c2)CCCO3)CC1F. The third kappa shape index (κ3) is 3.92. The second-order valence-electron chi connectivity index (χ2n) is 7.28. The highest BCUT2D eigenvalue weighted by Gasteiger charge is 2.36. The van der Waals surface area contributed by atoms with Crippen molar-refractivity contribution >= 4 is 21.8 Å². The Balaban J connectivity index is 1.42. The Labute approximate surface area is 169 Å². The number of benzene rings is 1. The monoisotopic (exact) mass is 425 g/mol. The summed E-state index contributed by atoms with van der Waals surface area (Å²) in [6.07, 6.45) is 4.57. The average molecular weight is 426 g/mol. The van der Waals surface area contributed by atoms with Crippen molar-refractivity contribution in [2.24, 2.45) is 13.0 Å². The number of thioether (sulfide) groups is 1. The molecule has 0 saturated carbocycles. The van der Waals surface area contributed by atoms with Crippen molar-refractivity contribution < 1.29 is 17.5 Å². The molecule has 0 bridgehead atoms. The van der Waals surface area contributed by atoms with E-state index in [1.165, 1.54) is 16.1 Å². The van der Waals surface area contributed by atoms with E-state index in [-0.39, 0.29) is 17.4 Å². The maximum atomic E-state index is 14.8. The minimum Gasteiger partial charge on any atom is -0.493 e. The van der Waals surface area contributed by atoms with E-state index in [1.807, 2.05) is 17.8 Å². The van der Waals surface area contributed by atoms with Gasteiger partial charge in [-0.15, -0.1) is 0 Å². The Bertz CT molecular complexity index is 948. The number of aryl methyl sites for hydroxylation is 2. The van der Waals surface area contributed by atoms with Crippen molar-refractivity contribution in [1.29, 1.82) is 0 Å². The number of aromatic nitrogens is 2. The molecular formula is C19H24FN3O3S2. The van der Waals surface area contributed by atoms with Crippen LogP contribution in [-0.2, 0) is 23.5 Å². The van der Waals surface area contributed by atoms with Gasteiger partial charge >= 0.3 is 0 Å². The second-order valence-corrected chi connectivity index (χ2v) is 10.2. The molecule has 0 amide bonds. The number of hydrogen-bond donors (Lipinski definition) is 0. The fourth-order valence-corrected chi connectivity index (χ4v) is 6.30. The number of imidazole rings is 1. The predicted molar refractivity (Wildman–Crippen MR) is 106 cm³/mol. The topological polar surface area (TPSA) is 64.4 Å². The van der Waals surface area contributed by atoms with Gasteiger partial charge in [0.2, 0.25) is 10.0 Å². The summed E-state index contributed by atoms with van der Waals surface area (Å²) in [6.45, 7) is 0.899. The fourth-order valence-electron chi connectivity index (χ4n) is 3.65. The van der Waals surface area contributed by atoms with Gasteiger partial charge in [0.25, 0.3) is 0 Å². The lowest BCUT2D eigenvalue weighted by Gasteiger charge is -2.34. The largest absolute Gasteiger partial charge is 0.493 e. The lowest BCUT2D eigenvalue weighted by atomic mass is 9.98. The first-order valence-electron chi connectivity index (χ1n) is 9.45. The van der Waals surface area contributed by atoms with Gasteiger partial charge in [-0.1, -0.05) is 11.8 Å². The maximum Gasteiger partial charge on any atom is 0.243 e. The summed E-state index contributed by atoms with van der Waals surface area (Å²) in [5.74, 6) is 1.17. The summed E-state index contributed by atoms with van der Waals surface area (Å²) in [4.78, 5) is 4.47. The molecule has 152 valence electrons. The highest BCUT2D eigenvalue weighted by molar-refractivity contribution is 7.99. The third-order valence-corrected chi connectivity index (χ3v) is 8.47. The summed E-state index contributed by atoms with van der Waals surface area (Å²) in [5, 5.41) is 0.846. The van der Waals surface area contributed by atoms with Crippen LogP contribution in [0.1, 0.15) is 18.4 Å². The molecule has 2 unspecified atom stereocenters. The van der Waals surface area contributed by atoms with Crippen molar-refractivity contribution in [3.8, 4) is 5.75 Å². The number of halogens is 1. The smallest absolute Gasteiger partial charge is 0.243 e. The molecule has 1 aromatic carbocycles. The van der Waals surface area contributed by atoms with Crippen molar-refractivity contribution in [2.75, 3.05) is 25.4 Å². The van der Waals surface area contributed by atoms with Gasteiger partial charge in [-0.05, 0) is 43.0 Å². The first-order chi connectivity index (χ1) is 13.4. The molecule has 9 heteroatoms. The van der Waals surface area contributed by atoms with Gasteiger partial charge in [0.15, 0.2) is 5.16 Å². The van der Waals surface area contributed by atoms with E-state index in [2.05, 4.69) is 4.98 Å². The summed E-state index contributed by atoms with van der Waals surface area (Å²) >= 11 is 1.51. The molecule has 2 atom stereocenters. The molecule has 1 aromatic heterocycles. The molecule has 0 N–H and O–H groups in total. The normalized spacial score (nSPS) is 23.2. The lowest BCUT2D eigenvalue weighted by molar-refractivity contribution is 0.146. The van der Waals surface area contributed by atoms with Crippen LogP contribution in [0.5, 0.6) is 5.75 Å². The highest BCUT2D eigenvalue weighted by atomic mass is 32.2. The van der Waals surface area contributed by atoms with Gasteiger partial charge in [-0.2, -0.15) is 4.31 Å². The number of hydrogen-bond acceptors (Lipinski definition) is 5. The highest BCUT2D eigenvalue weighted by Crippen LogP contribution is 2.32. The van der Waals surface area contributed by atoms with Gasteiger partial charge in [-0.3, -0.25) is 0 Å². The molecule has 1 fully saturated rings. The van der Waals surface area contributed by atoms with Crippen LogP contribution >= 0.6 is 11.8 Å². The lowest BCUT2D eigenvalue weighted by Crippen LogP contribution is -2.45. The summed E-state index contributed by atoms with van der Waals surface area (Å²) in [7, 11) is -1.80. The van der Waals surface area contributed by atoms with E-state index < -0.39 is 16.2 Å². The van der Waals surface area contributed by atoms with Crippen LogP contribution in [0.2, 0.25) is 0 Å². The van der Waals surface area contributed by atoms with Crippen LogP contribution in [0.3, 0.4) is 0 Å². The van der Waals surface area contributed by atoms with Gasteiger partial charge in [0, 0.05) is 44.2 Å². The summed E-state index contributed by atoms with van der Waals surface area (Å²) in [6, 6.07) is 4.96. The van der Waals surface area contributed by atoms with Crippen molar-refractivity contribution in [3.63, 3.8) is 0 Å². The molecule has 3 heterocycles. The predicted octanol–water partition coefficient (Wildman–Crippen LogP) is 2.89. The summed E-state index contributed by atoms with van der Waals surface area (Å²) < 4.78 is 49.5. The van der Waals surface area contributed by atoms with Crippen LogP contribution in [0.25, 0.3) is 0 Å². The number of nitrogens with zero attached hydrogens (tertiary/aromatic N) is 3. The van der Waals surface area contributed by atoms with Crippen molar-refractivity contribution in [1.82, 2.24) is 13.9 Å². The third-order valence-electron chi connectivity index (χ3n) is 5.36. The number of fused-ring (bicyclic) bond motifs is 1. The number of ether oxygens (including phenoxy) is 1. The molecule has 1 saturated heterocycles. The van der Waals surface area contributed by atoms with E-state index in [4.69, 9.17) is 4.74 Å². The van der Waals surface area contributed by atoms with Gasteiger partial charge in [0.1, 0.15) is 11.9 Å². The average Bonchev–Trinajstić information content (AvgIpc) is 3.11. The zero-order valence-corrected chi connectivity index (χ0v) is 17.4. The maximum absolute atomic E-state index is 14.8. The van der Waals surface area contributed by atoms with E-state index >= 15 is 0 Å². The van der Waals surface area contributed by atoms with Crippen LogP contribution in [0, 0.1) is 5.92 Å². The number of piperidine rings is 1. The van der Waals surface area contributed by atoms with Crippen molar-refractivity contribution in [3.05, 3.63) is 36.2 Å². The fraction of sp³-hybridized carbons (Fsp3) is 0.526.